The van der Waals surface area contributed by atoms with Crippen molar-refractivity contribution in [3.8, 4) is 0 Å². The predicted octanol–water partition coefficient (Wildman–Crippen LogP) is 3.73. The highest BCUT2D eigenvalue weighted by atomic mass is 32.1. The van der Waals surface area contributed by atoms with E-state index in [1.807, 2.05) is 28.7 Å². The molecule has 1 saturated heterocycles. The van der Waals surface area contributed by atoms with E-state index in [-0.39, 0.29) is 12.0 Å². The number of thiazole rings is 1. The van der Waals surface area contributed by atoms with E-state index in [1.54, 1.807) is 34.8 Å². The molecule has 1 atom stereocenters. The van der Waals surface area contributed by atoms with Gasteiger partial charge in [-0.2, -0.15) is 0 Å². The zero-order valence-electron chi connectivity index (χ0n) is 13.1. The minimum Gasteiger partial charge on any atom is -0.376 e. The van der Waals surface area contributed by atoms with Crippen molar-refractivity contribution in [2.45, 2.75) is 32.4 Å². The van der Waals surface area contributed by atoms with Crippen molar-refractivity contribution in [1.29, 1.82) is 0 Å². The molecule has 1 amide bonds. The Labute approximate surface area is 144 Å². The molecule has 1 fully saturated rings. The van der Waals surface area contributed by atoms with Gasteiger partial charge in [-0.05, 0) is 37.3 Å². The summed E-state index contributed by atoms with van der Waals surface area (Å²) in [6, 6.07) is 4.08. The molecule has 4 nitrogen and oxygen atoms in total. The van der Waals surface area contributed by atoms with Gasteiger partial charge in [0.2, 0.25) is 5.91 Å². The molecule has 0 bridgehead atoms. The number of ether oxygens (including phenoxy) is 1. The molecule has 2 aromatic rings. The van der Waals surface area contributed by atoms with Gasteiger partial charge >= 0.3 is 0 Å². The third-order valence-corrected chi connectivity index (χ3v) is 5.37. The van der Waals surface area contributed by atoms with Crippen molar-refractivity contribution in [2.75, 3.05) is 13.2 Å². The number of carbonyl (C=O) groups is 1. The minimum atomic E-state index is 0.0135. The van der Waals surface area contributed by atoms with Crippen LogP contribution in [0, 0.1) is 6.92 Å². The quantitative estimate of drug-likeness (QED) is 0.747. The zero-order valence-corrected chi connectivity index (χ0v) is 14.7. The average Bonchev–Trinajstić information content (AvgIpc) is 3.27. The van der Waals surface area contributed by atoms with Crippen molar-refractivity contribution >= 4 is 34.7 Å². The van der Waals surface area contributed by atoms with Crippen LogP contribution in [0.25, 0.3) is 6.08 Å². The highest BCUT2D eigenvalue weighted by Gasteiger charge is 2.22. The topological polar surface area (TPSA) is 42.4 Å². The lowest BCUT2D eigenvalue weighted by Crippen LogP contribution is -2.35. The fourth-order valence-corrected chi connectivity index (χ4v) is 3.88. The Morgan fingerprint density at radius 1 is 1.52 bits per heavy atom. The van der Waals surface area contributed by atoms with Gasteiger partial charge in [-0.15, -0.1) is 22.7 Å². The molecule has 0 spiro atoms. The molecular weight excluding hydrogens is 328 g/mol. The van der Waals surface area contributed by atoms with E-state index >= 15 is 0 Å². The van der Waals surface area contributed by atoms with Crippen LogP contribution in [0.1, 0.15) is 28.4 Å². The van der Waals surface area contributed by atoms with E-state index < -0.39 is 0 Å². The summed E-state index contributed by atoms with van der Waals surface area (Å²) in [6.45, 7) is 4.05. The number of amides is 1. The predicted molar refractivity (Wildman–Crippen MR) is 94.6 cm³/mol. The Morgan fingerprint density at radius 3 is 3.09 bits per heavy atom. The molecular formula is C17H20N2O2S2. The summed E-state index contributed by atoms with van der Waals surface area (Å²) in [5.41, 5.74) is 0.842. The first-order valence-electron chi connectivity index (χ1n) is 7.74. The van der Waals surface area contributed by atoms with Gasteiger partial charge in [0.25, 0.3) is 0 Å². The molecule has 6 heteroatoms. The van der Waals surface area contributed by atoms with Gasteiger partial charge in [-0.1, -0.05) is 6.07 Å². The van der Waals surface area contributed by atoms with E-state index in [2.05, 4.69) is 11.1 Å². The monoisotopic (exact) mass is 348 g/mol. The van der Waals surface area contributed by atoms with E-state index in [0.717, 1.165) is 30.2 Å². The van der Waals surface area contributed by atoms with Crippen molar-refractivity contribution in [2.24, 2.45) is 0 Å². The Balaban J connectivity index is 1.67. The summed E-state index contributed by atoms with van der Waals surface area (Å²) in [5.74, 6) is 0.0135. The summed E-state index contributed by atoms with van der Waals surface area (Å²) in [6.07, 6.45) is 5.69. The van der Waals surface area contributed by atoms with E-state index in [9.17, 15) is 4.79 Å². The van der Waals surface area contributed by atoms with Crippen LogP contribution in [-0.2, 0) is 16.1 Å². The minimum absolute atomic E-state index is 0.0135. The molecule has 2 aromatic heterocycles. The molecule has 0 saturated carbocycles. The van der Waals surface area contributed by atoms with Crippen LogP contribution in [-0.4, -0.2) is 35.0 Å². The molecule has 23 heavy (non-hydrogen) atoms. The Kier molecular flexibility index (Phi) is 5.59. The SMILES string of the molecule is Cc1nc(/C=C\C(=O)N(Cc2cccs2)CC2CCCO2)cs1. The largest absolute Gasteiger partial charge is 0.376 e. The number of rotatable bonds is 6. The normalized spacial score (nSPS) is 17.9. The van der Waals surface area contributed by atoms with Crippen LogP contribution in [0.3, 0.4) is 0 Å². The van der Waals surface area contributed by atoms with Crippen LogP contribution in [0.5, 0.6) is 0 Å². The summed E-state index contributed by atoms with van der Waals surface area (Å²) < 4.78 is 5.69. The maximum absolute atomic E-state index is 12.6. The van der Waals surface area contributed by atoms with Gasteiger partial charge in [0.15, 0.2) is 0 Å². The van der Waals surface area contributed by atoms with Gasteiger partial charge in [-0.25, -0.2) is 4.98 Å². The number of carbonyl (C=O) groups excluding carboxylic acids is 1. The van der Waals surface area contributed by atoms with E-state index in [4.69, 9.17) is 4.74 Å². The standard InChI is InChI=1S/C17H20N2O2S2/c1-13-18-14(12-23-13)6-7-17(20)19(10-15-4-2-8-21-15)11-16-5-3-9-22-16/h3,5-7,9,12,15H,2,4,8,10-11H2,1H3/b7-6-. The molecule has 122 valence electrons. The first-order valence-corrected chi connectivity index (χ1v) is 9.50. The third-order valence-electron chi connectivity index (χ3n) is 3.72. The second kappa shape index (κ2) is 7.86. The van der Waals surface area contributed by atoms with Crippen molar-refractivity contribution < 1.29 is 9.53 Å². The molecule has 1 aliphatic rings. The van der Waals surface area contributed by atoms with Crippen molar-refractivity contribution in [3.63, 3.8) is 0 Å². The first kappa shape index (κ1) is 16.4. The molecule has 3 heterocycles. The van der Waals surface area contributed by atoms with Crippen molar-refractivity contribution in [1.82, 2.24) is 9.88 Å². The third kappa shape index (κ3) is 4.73. The van der Waals surface area contributed by atoms with E-state index in [0.29, 0.717) is 13.1 Å². The van der Waals surface area contributed by atoms with Crippen LogP contribution in [0.2, 0.25) is 0 Å². The van der Waals surface area contributed by atoms with Gasteiger partial charge in [0.1, 0.15) is 0 Å². The Bertz CT molecular complexity index is 658. The molecule has 1 aliphatic heterocycles. The number of hydrogen-bond acceptors (Lipinski definition) is 5. The molecule has 0 N–H and O–H groups in total. The average molecular weight is 348 g/mol. The van der Waals surface area contributed by atoms with Crippen LogP contribution >= 0.6 is 22.7 Å². The number of aryl methyl sites for hydroxylation is 1. The molecule has 0 aromatic carbocycles. The number of thiophene rings is 1. The molecule has 0 aliphatic carbocycles. The van der Waals surface area contributed by atoms with Crippen LogP contribution in [0.15, 0.2) is 29.0 Å². The highest BCUT2D eigenvalue weighted by Crippen LogP contribution is 2.18. The van der Waals surface area contributed by atoms with E-state index in [1.165, 1.54) is 4.88 Å². The second-order valence-electron chi connectivity index (χ2n) is 5.56. The van der Waals surface area contributed by atoms with Crippen molar-refractivity contribution in [3.05, 3.63) is 44.5 Å². The molecule has 0 radical (unpaired) electrons. The maximum Gasteiger partial charge on any atom is 0.247 e. The Morgan fingerprint density at radius 2 is 2.43 bits per heavy atom. The fourth-order valence-electron chi connectivity index (χ4n) is 2.58. The summed E-state index contributed by atoms with van der Waals surface area (Å²) in [4.78, 5) is 20.0. The number of nitrogens with zero attached hydrogens (tertiary/aromatic N) is 2. The Hall–Kier alpha value is -1.50. The maximum atomic E-state index is 12.6. The second-order valence-corrected chi connectivity index (χ2v) is 7.65. The lowest BCUT2D eigenvalue weighted by Gasteiger charge is -2.23. The van der Waals surface area contributed by atoms with Crippen LogP contribution in [0.4, 0.5) is 0 Å². The lowest BCUT2D eigenvalue weighted by molar-refractivity contribution is -0.128. The van der Waals surface area contributed by atoms with Gasteiger partial charge < -0.3 is 9.64 Å². The zero-order chi connectivity index (χ0) is 16.1. The fraction of sp³-hybridized carbons (Fsp3) is 0.412. The number of aromatic nitrogens is 1. The summed E-state index contributed by atoms with van der Waals surface area (Å²) >= 11 is 3.26. The van der Waals surface area contributed by atoms with Crippen LogP contribution < -0.4 is 0 Å². The number of hydrogen-bond donors (Lipinski definition) is 0. The molecule has 1 unspecified atom stereocenters. The highest BCUT2D eigenvalue weighted by molar-refractivity contribution is 7.10. The summed E-state index contributed by atoms with van der Waals surface area (Å²) in [5, 5.41) is 5.01. The smallest absolute Gasteiger partial charge is 0.247 e. The van der Waals surface area contributed by atoms with Gasteiger partial charge in [-0.3, -0.25) is 4.79 Å². The molecule has 3 rings (SSSR count). The van der Waals surface area contributed by atoms with Gasteiger partial charge in [0.05, 0.1) is 23.4 Å². The lowest BCUT2D eigenvalue weighted by atomic mass is 10.2. The summed E-state index contributed by atoms with van der Waals surface area (Å²) in [7, 11) is 0. The van der Waals surface area contributed by atoms with Gasteiger partial charge in [0, 0.05) is 29.5 Å². The first-order chi connectivity index (χ1) is 11.2.